The molecule has 1 aliphatic rings. The number of hydrogen-bond acceptors (Lipinski definition) is 4. The molecule has 0 saturated carbocycles. The number of anilines is 1. The fourth-order valence-corrected chi connectivity index (χ4v) is 3.44. The maximum absolute atomic E-state index is 12.0. The highest BCUT2D eigenvalue weighted by Crippen LogP contribution is 2.28. The molecule has 0 spiro atoms. The van der Waals surface area contributed by atoms with Crippen LogP contribution in [0, 0.1) is 6.92 Å². The van der Waals surface area contributed by atoms with Gasteiger partial charge in [-0.2, -0.15) is 0 Å². The Kier molecular flexibility index (Phi) is 4.18. The molecule has 0 bridgehead atoms. The quantitative estimate of drug-likeness (QED) is 0.715. The van der Waals surface area contributed by atoms with Crippen molar-refractivity contribution in [1.29, 1.82) is 0 Å². The number of aryl methyl sites for hydroxylation is 3. The fraction of sp³-hybridized carbons (Fsp3) is 0.286. The minimum atomic E-state index is 0.104. The Morgan fingerprint density at radius 1 is 1.04 bits per heavy atom. The first-order valence-electron chi connectivity index (χ1n) is 8.83. The molecule has 0 unspecified atom stereocenters. The van der Waals surface area contributed by atoms with Crippen LogP contribution in [0.2, 0.25) is 0 Å². The van der Waals surface area contributed by atoms with Gasteiger partial charge in [0.1, 0.15) is 11.6 Å². The second-order valence-corrected chi connectivity index (χ2v) is 6.66. The lowest BCUT2D eigenvalue weighted by Crippen LogP contribution is -2.21. The predicted molar refractivity (Wildman–Crippen MR) is 100 cm³/mol. The van der Waals surface area contributed by atoms with E-state index in [1.54, 1.807) is 0 Å². The van der Waals surface area contributed by atoms with Crippen LogP contribution in [0.25, 0.3) is 10.9 Å². The zero-order valence-corrected chi connectivity index (χ0v) is 14.4. The SMILES string of the molecule is Cc1cccc(CCCCc2nc3c4c(cccc4n2)C(=O)CN3)c1. The average molecular weight is 331 g/mol. The molecule has 0 amide bonds. The summed E-state index contributed by atoms with van der Waals surface area (Å²) in [5, 5.41) is 4.00. The molecule has 4 nitrogen and oxygen atoms in total. The van der Waals surface area contributed by atoms with Crippen LogP contribution in [0.3, 0.4) is 0 Å². The van der Waals surface area contributed by atoms with Gasteiger partial charge in [-0.15, -0.1) is 0 Å². The van der Waals surface area contributed by atoms with Gasteiger partial charge in [0.05, 0.1) is 17.4 Å². The summed E-state index contributed by atoms with van der Waals surface area (Å²) in [6, 6.07) is 14.4. The molecule has 2 aromatic carbocycles. The lowest BCUT2D eigenvalue weighted by atomic mass is 10.0. The van der Waals surface area contributed by atoms with E-state index < -0.39 is 0 Å². The Labute approximate surface area is 147 Å². The van der Waals surface area contributed by atoms with Gasteiger partial charge in [0.2, 0.25) is 0 Å². The number of unbranched alkanes of at least 4 members (excludes halogenated alkanes) is 1. The maximum Gasteiger partial charge on any atom is 0.182 e. The summed E-state index contributed by atoms with van der Waals surface area (Å²) in [5.41, 5.74) is 4.29. The first-order chi connectivity index (χ1) is 12.2. The van der Waals surface area contributed by atoms with Gasteiger partial charge in [0, 0.05) is 12.0 Å². The molecule has 4 heteroatoms. The number of Topliss-reactive ketones (excluding diaryl/α,β-unsaturated/α-hetero) is 1. The van der Waals surface area contributed by atoms with E-state index >= 15 is 0 Å². The van der Waals surface area contributed by atoms with Crippen molar-refractivity contribution in [3.63, 3.8) is 0 Å². The number of hydrogen-bond donors (Lipinski definition) is 1. The molecule has 1 aliphatic heterocycles. The third-order valence-electron chi connectivity index (χ3n) is 4.68. The number of ketones is 1. The van der Waals surface area contributed by atoms with Gasteiger partial charge in [-0.25, -0.2) is 9.97 Å². The fourth-order valence-electron chi connectivity index (χ4n) is 3.44. The van der Waals surface area contributed by atoms with E-state index in [4.69, 9.17) is 0 Å². The Hall–Kier alpha value is -2.75. The molecule has 0 fully saturated rings. The van der Waals surface area contributed by atoms with Crippen molar-refractivity contribution in [2.75, 3.05) is 11.9 Å². The van der Waals surface area contributed by atoms with Crippen LogP contribution in [-0.4, -0.2) is 22.3 Å². The van der Waals surface area contributed by atoms with Gasteiger partial charge in [-0.3, -0.25) is 4.79 Å². The molecule has 0 radical (unpaired) electrons. The van der Waals surface area contributed by atoms with Crippen molar-refractivity contribution >= 4 is 22.5 Å². The van der Waals surface area contributed by atoms with Crippen LogP contribution in [-0.2, 0) is 12.8 Å². The second-order valence-electron chi connectivity index (χ2n) is 6.66. The summed E-state index contributed by atoms with van der Waals surface area (Å²) in [7, 11) is 0. The van der Waals surface area contributed by atoms with E-state index in [1.165, 1.54) is 11.1 Å². The zero-order valence-electron chi connectivity index (χ0n) is 14.4. The van der Waals surface area contributed by atoms with E-state index in [0.29, 0.717) is 6.54 Å². The highest BCUT2D eigenvalue weighted by atomic mass is 16.1. The molecule has 25 heavy (non-hydrogen) atoms. The van der Waals surface area contributed by atoms with Crippen molar-refractivity contribution in [2.45, 2.75) is 32.6 Å². The second kappa shape index (κ2) is 6.63. The minimum absolute atomic E-state index is 0.104. The van der Waals surface area contributed by atoms with Gasteiger partial charge in [-0.05, 0) is 37.8 Å². The Bertz CT molecular complexity index is 949. The molecular weight excluding hydrogens is 310 g/mol. The molecule has 0 saturated heterocycles. The lowest BCUT2D eigenvalue weighted by molar-refractivity contribution is 0.101. The van der Waals surface area contributed by atoms with Crippen LogP contribution in [0.5, 0.6) is 0 Å². The Balaban J connectivity index is 1.47. The predicted octanol–water partition coefficient (Wildman–Crippen LogP) is 4.11. The van der Waals surface area contributed by atoms with Crippen LogP contribution >= 0.6 is 0 Å². The van der Waals surface area contributed by atoms with E-state index in [0.717, 1.165) is 53.8 Å². The molecular formula is C21H21N3O. The smallest absolute Gasteiger partial charge is 0.182 e. The zero-order chi connectivity index (χ0) is 17.2. The summed E-state index contributed by atoms with van der Waals surface area (Å²) >= 11 is 0. The minimum Gasteiger partial charge on any atom is -0.362 e. The van der Waals surface area contributed by atoms with Crippen LogP contribution in [0.1, 0.15) is 40.2 Å². The van der Waals surface area contributed by atoms with Gasteiger partial charge in [-0.1, -0.05) is 42.0 Å². The standard InChI is InChI=1S/C21H21N3O/c1-14-6-4-8-15(12-14)7-2-3-11-19-23-17-10-5-9-16-18(25)13-22-21(24-19)20(16)17/h4-6,8-10,12H,2-3,7,11,13H2,1H3,(H,22,23,24). The topological polar surface area (TPSA) is 54.9 Å². The molecule has 3 aromatic rings. The largest absolute Gasteiger partial charge is 0.362 e. The third-order valence-corrected chi connectivity index (χ3v) is 4.68. The van der Waals surface area contributed by atoms with Crippen molar-refractivity contribution < 1.29 is 4.79 Å². The number of nitrogens with zero attached hydrogens (tertiary/aromatic N) is 2. The van der Waals surface area contributed by atoms with Gasteiger partial charge >= 0.3 is 0 Å². The van der Waals surface area contributed by atoms with E-state index in [9.17, 15) is 4.79 Å². The number of rotatable bonds is 5. The molecule has 2 heterocycles. The first-order valence-corrected chi connectivity index (χ1v) is 8.83. The van der Waals surface area contributed by atoms with E-state index in [-0.39, 0.29) is 5.78 Å². The van der Waals surface area contributed by atoms with Crippen molar-refractivity contribution in [3.8, 4) is 0 Å². The molecule has 0 aliphatic carbocycles. The molecule has 1 N–H and O–H groups in total. The number of carbonyl (C=O) groups is 1. The van der Waals surface area contributed by atoms with Gasteiger partial charge < -0.3 is 5.32 Å². The third kappa shape index (κ3) is 3.25. The van der Waals surface area contributed by atoms with Crippen LogP contribution in [0.15, 0.2) is 42.5 Å². The molecule has 0 atom stereocenters. The molecule has 126 valence electrons. The number of benzene rings is 2. The Morgan fingerprint density at radius 3 is 2.76 bits per heavy atom. The normalized spacial score (nSPS) is 13.1. The Morgan fingerprint density at radius 2 is 1.88 bits per heavy atom. The monoisotopic (exact) mass is 331 g/mol. The number of nitrogens with one attached hydrogen (secondary N) is 1. The molecule has 4 rings (SSSR count). The summed E-state index contributed by atoms with van der Waals surface area (Å²) in [6.07, 6.45) is 4.11. The van der Waals surface area contributed by atoms with E-state index in [1.807, 2.05) is 18.2 Å². The molecule has 1 aromatic heterocycles. The maximum atomic E-state index is 12.0. The van der Waals surface area contributed by atoms with Gasteiger partial charge in [0.15, 0.2) is 5.78 Å². The number of aromatic nitrogens is 2. The number of carbonyl (C=O) groups excluding carboxylic acids is 1. The van der Waals surface area contributed by atoms with Crippen molar-refractivity contribution in [2.24, 2.45) is 0 Å². The summed E-state index contributed by atoms with van der Waals surface area (Å²) in [6.45, 7) is 2.44. The van der Waals surface area contributed by atoms with Crippen molar-refractivity contribution in [3.05, 3.63) is 65.0 Å². The van der Waals surface area contributed by atoms with E-state index in [2.05, 4.69) is 46.5 Å². The average Bonchev–Trinajstić information content (AvgIpc) is 2.62. The van der Waals surface area contributed by atoms with Crippen LogP contribution in [0.4, 0.5) is 5.82 Å². The van der Waals surface area contributed by atoms with Crippen molar-refractivity contribution in [1.82, 2.24) is 9.97 Å². The highest BCUT2D eigenvalue weighted by molar-refractivity contribution is 6.15. The lowest BCUT2D eigenvalue weighted by Gasteiger charge is -2.17. The summed E-state index contributed by atoms with van der Waals surface area (Å²) in [5.74, 6) is 1.76. The van der Waals surface area contributed by atoms with Crippen LogP contribution < -0.4 is 5.32 Å². The summed E-state index contributed by atoms with van der Waals surface area (Å²) in [4.78, 5) is 21.3. The summed E-state index contributed by atoms with van der Waals surface area (Å²) < 4.78 is 0. The highest BCUT2D eigenvalue weighted by Gasteiger charge is 2.20. The van der Waals surface area contributed by atoms with Gasteiger partial charge in [0.25, 0.3) is 0 Å². The first kappa shape index (κ1) is 15.8.